The Morgan fingerprint density at radius 1 is 1.11 bits per heavy atom. The molecule has 1 aliphatic heterocycles. The maximum Gasteiger partial charge on any atom is 0.223 e. The van der Waals surface area contributed by atoms with Crippen molar-refractivity contribution in [1.82, 2.24) is 24.9 Å². The second-order valence-corrected chi connectivity index (χ2v) is 8.80. The Kier molecular flexibility index (Phi) is 6.49. The molecule has 10 heteroatoms. The van der Waals surface area contributed by atoms with Gasteiger partial charge in [-0.25, -0.2) is 19.3 Å². The van der Waals surface area contributed by atoms with Crippen LogP contribution < -0.4 is 11.1 Å². The summed E-state index contributed by atoms with van der Waals surface area (Å²) in [4.78, 5) is 21.2. The lowest BCUT2D eigenvalue weighted by Crippen LogP contribution is -2.42. The van der Waals surface area contributed by atoms with E-state index in [2.05, 4.69) is 25.3 Å². The summed E-state index contributed by atoms with van der Waals surface area (Å²) in [6.07, 6.45) is 4.50. The summed E-state index contributed by atoms with van der Waals surface area (Å²) in [6.45, 7) is 3.90. The lowest BCUT2D eigenvalue weighted by Gasteiger charge is -2.35. The predicted octanol–water partition coefficient (Wildman–Crippen LogP) is 3.69. The number of H-pyrrole nitrogens is 1. The maximum absolute atomic E-state index is 13.6. The lowest BCUT2D eigenvalue weighted by molar-refractivity contribution is -0.231. The van der Waals surface area contributed by atoms with Crippen molar-refractivity contribution in [2.75, 3.05) is 25.1 Å². The third kappa shape index (κ3) is 5.19. The molecule has 3 aromatic heterocycles. The molecule has 4 aromatic rings. The highest BCUT2D eigenvalue weighted by atomic mass is 19.1. The number of aromatic nitrogens is 5. The molecule has 9 nitrogen and oxygen atoms in total. The van der Waals surface area contributed by atoms with Gasteiger partial charge in [-0.3, -0.25) is 4.98 Å². The summed E-state index contributed by atoms with van der Waals surface area (Å²) < 4.78 is 25.5. The van der Waals surface area contributed by atoms with Crippen LogP contribution in [-0.4, -0.2) is 44.7 Å². The molecular weight excluding hydrogens is 449 g/mol. The first kappa shape index (κ1) is 23.0. The molecule has 0 aliphatic carbocycles. The first-order chi connectivity index (χ1) is 17.0. The van der Waals surface area contributed by atoms with Crippen LogP contribution in [0.1, 0.15) is 24.6 Å². The Balaban J connectivity index is 1.46. The third-order valence-electron chi connectivity index (χ3n) is 5.81. The van der Waals surface area contributed by atoms with E-state index in [-0.39, 0.29) is 11.2 Å². The number of nitrogens with two attached hydrogens (primary N) is 1. The smallest absolute Gasteiger partial charge is 0.223 e. The highest BCUT2D eigenvalue weighted by Gasteiger charge is 2.34. The Morgan fingerprint density at radius 3 is 2.63 bits per heavy atom. The fourth-order valence-electron chi connectivity index (χ4n) is 3.69. The van der Waals surface area contributed by atoms with Crippen LogP contribution in [0.25, 0.3) is 22.6 Å². The van der Waals surface area contributed by atoms with E-state index in [1.54, 1.807) is 36.8 Å². The van der Waals surface area contributed by atoms with Crippen LogP contribution in [0.4, 0.5) is 10.3 Å². The molecule has 180 valence electrons. The number of aromatic amines is 1. The van der Waals surface area contributed by atoms with Crippen molar-refractivity contribution in [3.8, 4) is 22.6 Å². The van der Waals surface area contributed by atoms with Crippen molar-refractivity contribution in [3.05, 3.63) is 78.3 Å². The van der Waals surface area contributed by atoms with Crippen LogP contribution in [-0.2, 0) is 16.0 Å². The number of hydrogen-bond donors (Lipinski definition) is 3. The topological polar surface area (TPSA) is 124 Å². The maximum atomic E-state index is 13.6. The van der Waals surface area contributed by atoms with Gasteiger partial charge in [-0.2, -0.15) is 0 Å². The second-order valence-electron chi connectivity index (χ2n) is 8.80. The summed E-state index contributed by atoms with van der Waals surface area (Å²) in [5.41, 5.74) is 9.23. The van der Waals surface area contributed by atoms with Crippen LogP contribution in [0.15, 0.2) is 61.1 Å². The van der Waals surface area contributed by atoms with E-state index in [9.17, 15) is 4.39 Å². The van der Waals surface area contributed by atoms with Crippen molar-refractivity contribution >= 4 is 5.95 Å². The zero-order valence-corrected chi connectivity index (χ0v) is 19.2. The van der Waals surface area contributed by atoms with Crippen molar-refractivity contribution in [1.29, 1.82) is 0 Å². The Hall–Kier alpha value is -3.73. The molecule has 4 heterocycles. The van der Waals surface area contributed by atoms with Crippen molar-refractivity contribution in [2.24, 2.45) is 11.1 Å². The summed E-state index contributed by atoms with van der Waals surface area (Å²) in [6, 6.07) is 11.8. The van der Waals surface area contributed by atoms with Gasteiger partial charge in [0.05, 0.1) is 30.3 Å². The van der Waals surface area contributed by atoms with Gasteiger partial charge in [0.1, 0.15) is 5.82 Å². The molecule has 0 saturated carbocycles. The van der Waals surface area contributed by atoms with Crippen LogP contribution in [0.2, 0.25) is 0 Å². The fourth-order valence-corrected chi connectivity index (χ4v) is 3.69. The van der Waals surface area contributed by atoms with Crippen molar-refractivity contribution in [3.63, 3.8) is 0 Å². The number of hydrogen-bond acceptors (Lipinski definition) is 8. The molecule has 35 heavy (non-hydrogen) atoms. The molecule has 4 N–H and O–H groups in total. The molecule has 0 atom stereocenters. The summed E-state index contributed by atoms with van der Waals surface area (Å²) in [5.74, 6) is 0.633. The summed E-state index contributed by atoms with van der Waals surface area (Å²) in [5, 5.41) is 3.22. The molecule has 0 amide bonds. The van der Waals surface area contributed by atoms with Crippen LogP contribution in [0, 0.1) is 11.2 Å². The standard InChI is InChI=1S/C25H26FN7O2/c1-25(13-27)14-34-23(35-15-25)22-32-20(17-4-6-18(26)7-5-17)21(33-22)19-8-10-29-24(31-19)30-12-16-3-2-9-28-11-16/h2-11,23H,12-15,27H2,1H3,(H,32,33)(H,29,30,31). The highest BCUT2D eigenvalue weighted by molar-refractivity contribution is 5.77. The normalized spacial score (nSPS) is 20.0. The molecule has 0 radical (unpaired) electrons. The number of pyridine rings is 1. The van der Waals surface area contributed by atoms with Gasteiger partial charge in [0, 0.05) is 42.7 Å². The minimum Gasteiger partial charge on any atom is -0.350 e. The molecule has 1 aliphatic rings. The molecule has 1 saturated heterocycles. The average molecular weight is 476 g/mol. The Bertz CT molecular complexity index is 1270. The van der Waals surface area contributed by atoms with Gasteiger partial charge in [0.25, 0.3) is 0 Å². The van der Waals surface area contributed by atoms with Crippen LogP contribution in [0.5, 0.6) is 0 Å². The van der Waals surface area contributed by atoms with E-state index in [4.69, 9.17) is 20.2 Å². The molecule has 1 aromatic carbocycles. The zero-order chi connectivity index (χ0) is 24.3. The minimum absolute atomic E-state index is 0.243. The number of nitrogens with zero attached hydrogens (tertiary/aromatic N) is 4. The van der Waals surface area contributed by atoms with Gasteiger partial charge < -0.3 is 25.5 Å². The summed E-state index contributed by atoms with van der Waals surface area (Å²) in [7, 11) is 0. The van der Waals surface area contributed by atoms with Gasteiger partial charge in [-0.1, -0.05) is 13.0 Å². The van der Waals surface area contributed by atoms with Gasteiger partial charge in [0.15, 0.2) is 5.82 Å². The summed E-state index contributed by atoms with van der Waals surface area (Å²) >= 11 is 0. The van der Waals surface area contributed by atoms with E-state index < -0.39 is 6.29 Å². The monoisotopic (exact) mass is 475 g/mol. The number of ether oxygens (including phenoxy) is 2. The molecular formula is C25H26FN7O2. The van der Waals surface area contributed by atoms with E-state index >= 15 is 0 Å². The second kappa shape index (κ2) is 9.87. The third-order valence-corrected chi connectivity index (χ3v) is 5.81. The van der Waals surface area contributed by atoms with Crippen molar-refractivity contribution < 1.29 is 13.9 Å². The predicted molar refractivity (Wildman–Crippen MR) is 128 cm³/mol. The lowest BCUT2D eigenvalue weighted by atomic mass is 9.93. The average Bonchev–Trinajstić information content (AvgIpc) is 3.35. The number of rotatable bonds is 7. The molecule has 0 unspecified atom stereocenters. The highest BCUT2D eigenvalue weighted by Crippen LogP contribution is 2.35. The fraction of sp³-hybridized carbons (Fsp3) is 0.280. The van der Waals surface area contributed by atoms with Gasteiger partial charge in [0.2, 0.25) is 12.2 Å². The molecule has 0 spiro atoms. The number of benzene rings is 1. The van der Waals surface area contributed by atoms with Crippen LogP contribution in [0.3, 0.4) is 0 Å². The van der Waals surface area contributed by atoms with E-state index in [1.165, 1.54) is 12.1 Å². The van der Waals surface area contributed by atoms with Gasteiger partial charge >= 0.3 is 0 Å². The number of halogens is 1. The number of anilines is 1. The van der Waals surface area contributed by atoms with Crippen molar-refractivity contribution in [2.45, 2.75) is 19.8 Å². The quantitative estimate of drug-likeness (QED) is 0.370. The first-order valence-electron chi connectivity index (χ1n) is 11.3. The largest absolute Gasteiger partial charge is 0.350 e. The number of imidazole rings is 1. The first-order valence-corrected chi connectivity index (χ1v) is 11.3. The minimum atomic E-state index is -0.674. The van der Waals surface area contributed by atoms with Crippen LogP contribution >= 0.6 is 0 Å². The van der Waals surface area contributed by atoms with E-state index in [0.717, 1.165) is 11.1 Å². The zero-order valence-electron chi connectivity index (χ0n) is 19.2. The van der Waals surface area contributed by atoms with E-state index in [0.29, 0.717) is 55.2 Å². The Labute approximate surface area is 202 Å². The molecule has 5 rings (SSSR count). The van der Waals surface area contributed by atoms with Gasteiger partial charge in [-0.05, 0) is 42.0 Å². The SMILES string of the molecule is CC1(CN)COC(c2nc(-c3ccc(F)cc3)c(-c3ccnc(NCc4cccnc4)n3)[nH]2)OC1. The molecule has 1 fully saturated rings. The molecule has 0 bridgehead atoms. The Morgan fingerprint density at radius 2 is 1.91 bits per heavy atom. The number of nitrogens with one attached hydrogen (secondary N) is 2. The van der Waals surface area contributed by atoms with E-state index in [1.807, 2.05) is 19.1 Å². The van der Waals surface area contributed by atoms with Gasteiger partial charge in [-0.15, -0.1) is 0 Å².